The van der Waals surface area contributed by atoms with Gasteiger partial charge in [0.1, 0.15) is 11.2 Å². The van der Waals surface area contributed by atoms with Gasteiger partial charge in [-0.15, -0.1) is 0 Å². The van der Waals surface area contributed by atoms with E-state index in [0.717, 1.165) is 16.6 Å². The van der Waals surface area contributed by atoms with Crippen molar-refractivity contribution in [3.05, 3.63) is 137 Å². The molecular formula is C36H22INO. The highest BCUT2D eigenvalue weighted by Gasteiger charge is 2.13. The zero-order chi connectivity index (χ0) is 25.9. The van der Waals surface area contributed by atoms with Gasteiger partial charge in [-0.1, -0.05) is 72.8 Å². The van der Waals surface area contributed by atoms with E-state index in [1.165, 1.54) is 58.7 Å². The lowest BCUT2D eigenvalue weighted by molar-refractivity contribution is 0.669. The molecule has 0 aliphatic heterocycles. The molecule has 0 N–H and O–H groups in total. The van der Waals surface area contributed by atoms with Crippen molar-refractivity contribution in [2.24, 2.45) is 0 Å². The third kappa shape index (κ3) is 3.68. The minimum absolute atomic E-state index is 0.926. The van der Waals surface area contributed by atoms with E-state index in [1.54, 1.807) is 0 Å². The van der Waals surface area contributed by atoms with Crippen LogP contribution < -0.4 is 0 Å². The summed E-state index contributed by atoms with van der Waals surface area (Å²) in [7, 11) is 0. The van der Waals surface area contributed by atoms with E-state index in [4.69, 9.17) is 4.42 Å². The highest BCUT2D eigenvalue weighted by Crippen LogP contribution is 2.36. The second-order valence-electron chi connectivity index (χ2n) is 9.95. The average Bonchev–Trinajstić information content (AvgIpc) is 3.52. The zero-order valence-electron chi connectivity index (χ0n) is 20.9. The van der Waals surface area contributed by atoms with Crippen LogP contribution in [-0.2, 0) is 0 Å². The van der Waals surface area contributed by atoms with E-state index in [9.17, 15) is 0 Å². The fourth-order valence-electron chi connectivity index (χ4n) is 5.79. The summed E-state index contributed by atoms with van der Waals surface area (Å²) in [6, 6.07) is 47.8. The maximum Gasteiger partial charge on any atom is 0.135 e. The first-order valence-corrected chi connectivity index (χ1v) is 14.1. The maximum atomic E-state index is 6.07. The molecule has 2 aromatic heterocycles. The number of benzene rings is 6. The highest BCUT2D eigenvalue weighted by atomic mass is 127. The standard InChI is InChI=1S/C36H22INO/c37-27-16-19-36-32(22-27)31-21-26(15-18-35(31)39-36)24-12-10-23(11-13-24)25-14-17-34-30(20-25)29-8-4-5-9-33(29)38(34)28-6-2-1-3-7-28/h1-22H. The first-order valence-electron chi connectivity index (χ1n) is 13.0. The molecule has 2 heterocycles. The average molecular weight is 611 g/mol. The van der Waals surface area contributed by atoms with Crippen LogP contribution in [0.1, 0.15) is 0 Å². The Labute approximate surface area is 239 Å². The Hall–Kier alpha value is -4.35. The van der Waals surface area contributed by atoms with Crippen molar-refractivity contribution in [1.82, 2.24) is 4.57 Å². The predicted molar refractivity (Wildman–Crippen MR) is 172 cm³/mol. The molecule has 0 atom stereocenters. The first-order chi connectivity index (χ1) is 19.2. The van der Waals surface area contributed by atoms with Crippen LogP contribution in [-0.4, -0.2) is 4.57 Å². The second kappa shape index (κ2) is 8.85. The molecule has 0 aliphatic rings. The minimum Gasteiger partial charge on any atom is -0.456 e. The molecule has 0 unspecified atom stereocenters. The summed E-state index contributed by atoms with van der Waals surface area (Å²) in [6.07, 6.45) is 0. The molecule has 0 amide bonds. The fourth-order valence-corrected chi connectivity index (χ4v) is 6.28. The molecule has 39 heavy (non-hydrogen) atoms. The molecule has 3 heteroatoms. The second-order valence-corrected chi connectivity index (χ2v) is 11.2. The number of hydrogen-bond acceptors (Lipinski definition) is 1. The molecule has 6 aromatic carbocycles. The number of aromatic nitrogens is 1. The molecule has 0 saturated carbocycles. The Bertz CT molecular complexity index is 2170. The molecule has 184 valence electrons. The third-order valence-corrected chi connectivity index (χ3v) is 8.34. The Kier molecular flexibility index (Phi) is 5.13. The third-order valence-electron chi connectivity index (χ3n) is 7.67. The van der Waals surface area contributed by atoms with Gasteiger partial charge >= 0.3 is 0 Å². The van der Waals surface area contributed by atoms with Gasteiger partial charge in [0.05, 0.1) is 11.0 Å². The summed E-state index contributed by atoms with van der Waals surface area (Å²) in [5.41, 5.74) is 10.3. The summed E-state index contributed by atoms with van der Waals surface area (Å²) < 4.78 is 9.63. The van der Waals surface area contributed by atoms with Gasteiger partial charge in [0, 0.05) is 30.8 Å². The van der Waals surface area contributed by atoms with E-state index in [2.05, 4.69) is 161 Å². The summed E-state index contributed by atoms with van der Waals surface area (Å²) in [5.74, 6) is 0. The van der Waals surface area contributed by atoms with Gasteiger partial charge in [-0.3, -0.25) is 0 Å². The Morgan fingerprint density at radius 1 is 0.436 bits per heavy atom. The smallest absolute Gasteiger partial charge is 0.135 e. The van der Waals surface area contributed by atoms with E-state index < -0.39 is 0 Å². The van der Waals surface area contributed by atoms with Gasteiger partial charge in [0.2, 0.25) is 0 Å². The topological polar surface area (TPSA) is 18.1 Å². The maximum absolute atomic E-state index is 6.07. The van der Waals surface area contributed by atoms with Crippen LogP contribution >= 0.6 is 22.6 Å². The van der Waals surface area contributed by atoms with Crippen molar-refractivity contribution in [3.63, 3.8) is 0 Å². The van der Waals surface area contributed by atoms with Crippen molar-refractivity contribution in [2.45, 2.75) is 0 Å². The number of hydrogen-bond donors (Lipinski definition) is 0. The molecule has 8 aromatic rings. The number of para-hydroxylation sites is 2. The SMILES string of the molecule is Ic1ccc2oc3ccc(-c4ccc(-c5ccc6c(c5)c5ccccc5n6-c5ccccc5)cc4)cc3c2c1. The summed E-state index contributed by atoms with van der Waals surface area (Å²) >= 11 is 2.36. The largest absolute Gasteiger partial charge is 0.456 e. The minimum atomic E-state index is 0.926. The molecule has 2 nitrogen and oxygen atoms in total. The lowest BCUT2D eigenvalue weighted by Gasteiger charge is -2.08. The quantitative estimate of drug-likeness (QED) is 0.182. The van der Waals surface area contributed by atoms with Gasteiger partial charge < -0.3 is 8.98 Å². The van der Waals surface area contributed by atoms with Crippen LogP contribution in [0.4, 0.5) is 0 Å². The normalized spacial score (nSPS) is 11.7. The monoisotopic (exact) mass is 611 g/mol. The molecule has 0 bridgehead atoms. The molecule has 8 rings (SSSR count). The number of rotatable bonds is 3. The molecule has 0 saturated heterocycles. The molecular weight excluding hydrogens is 589 g/mol. The summed E-state index contributed by atoms with van der Waals surface area (Å²) in [6.45, 7) is 0. The van der Waals surface area contributed by atoms with Crippen LogP contribution in [0.5, 0.6) is 0 Å². The van der Waals surface area contributed by atoms with Gasteiger partial charge in [-0.2, -0.15) is 0 Å². The van der Waals surface area contributed by atoms with Gasteiger partial charge in [-0.05, 0) is 106 Å². The van der Waals surface area contributed by atoms with Crippen LogP contribution in [0, 0.1) is 3.57 Å². The molecule has 0 radical (unpaired) electrons. The molecule has 0 spiro atoms. The van der Waals surface area contributed by atoms with Crippen molar-refractivity contribution in [1.29, 1.82) is 0 Å². The van der Waals surface area contributed by atoms with E-state index in [0.29, 0.717) is 0 Å². The fraction of sp³-hybridized carbons (Fsp3) is 0. The van der Waals surface area contributed by atoms with Gasteiger partial charge in [0.25, 0.3) is 0 Å². The van der Waals surface area contributed by atoms with E-state index >= 15 is 0 Å². The van der Waals surface area contributed by atoms with Crippen molar-refractivity contribution in [3.8, 4) is 27.9 Å². The lowest BCUT2D eigenvalue weighted by Crippen LogP contribution is -1.92. The van der Waals surface area contributed by atoms with Crippen LogP contribution in [0.15, 0.2) is 138 Å². The Morgan fingerprint density at radius 3 is 1.77 bits per heavy atom. The highest BCUT2D eigenvalue weighted by molar-refractivity contribution is 14.1. The van der Waals surface area contributed by atoms with E-state index in [1.807, 2.05) is 0 Å². The van der Waals surface area contributed by atoms with Crippen molar-refractivity contribution in [2.75, 3.05) is 0 Å². The predicted octanol–water partition coefficient (Wildman–Crippen LogP) is 10.6. The van der Waals surface area contributed by atoms with Crippen LogP contribution in [0.25, 0.3) is 71.7 Å². The van der Waals surface area contributed by atoms with Crippen LogP contribution in [0.2, 0.25) is 0 Å². The molecule has 0 fully saturated rings. The van der Waals surface area contributed by atoms with E-state index in [-0.39, 0.29) is 0 Å². The first kappa shape index (κ1) is 22.6. The number of nitrogens with zero attached hydrogens (tertiary/aromatic N) is 1. The van der Waals surface area contributed by atoms with Gasteiger partial charge in [0.15, 0.2) is 0 Å². The Balaban J connectivity index is 1.21. The van der Waals surface area contributed by atoms with Gasteiger partial charge in [-0.25, -0.2) is 0 Å². The van der Waals surface area contributed by atoms with Crippen LogP contribution in [0.3, 0.4) is 0 Å². The van der Waals surface area contributed by atoms with Crippen molar-refractivity contribution < 1.29 is 4.42 Å². The lowest BCUT2D eigenvalue weighted by atomic mass is 9.98. The Morgan fingerprint density at radius 2 is 1.00 bits per heavy atom. The van der Waals surface area contributed by atoms with Crippen molar-refractivity contribution >= 4 is 66.3 Å². The number of halogens is 1. The molecule has 0 aliphatic carbocycles. The number of furan rings is 1. The summed E-state index contributed by atoms with van der Waals surface area (Å²) in [5, 5.41) is 4.86. The summed E-state index contributed by atoms with van der Waals surface area (Å²) in [4.78, 5) is 0. The number of fused-ring (bicyclic) bond motifs is 6. The zero-order valence-corrected chi connectivity index (χ0v) is 23.1.